The fourth-order valence-electron chi connectivity index (χ4n) is 7.08. The summed E-state index contributed by atoms with van der Waals surface area (Å²) in [5.74, 6) is -0.958. The molecule has 0 N–H and O–H groups in total. The molecule has 6 heteroatoms. The number of rotatable bonds is 46. The largest absolute Gasteiger partial charge is 0.462 e. The van der Waals surface area contributed by atoms with Crippen molar-refractivity contribution in [3.63, 3.8) is 0 Å². The molecule has 0 heterocycles. The summed E-state index contributed by atoms with van der Waals surface area (Å²) in [5.41, 5.74) is 0. The van der Waals surface area contributed by atoms with E-state index in [-0.39, 0.29) is 37.5 Å². The molecule has 0 aromatic heterocycles. The topological polar surface area (TPSA) is 78.9 Å². The molecule has 0 radical (unpaired) electrons. The molecular weight excluding hydrogens is 757 g/mol. The molecule has 0 aromatic carbocycles. The minimum absolute atomic E-state index is 0.0966. The summed E-state index contributed by atoms with van der Waals surface area (Å²) in [6.45, 7) is 6.55. The van der Waals surface area contributed by atoms with E-state index in [1.165, 1.54) is 135 Å². The molecule has 0 aliphatic carbocycles. The Bertz CT molecular complexity index is 1120. The zero-order chi connectivity index (χ0) is 44.4. The van der Waals surface area contributed by atoms with Crippen LogP contribution in [-0.4, -0.2) is 37.2 Å². The Hall–Kier alpha value is -2.89. The highest BCUT2D eigenvalue weighted by molar-refractivity contribution is 5.71. The highest BCUT2D eigenvalue weighted by atomic mass is 16.6. The highest BCUT2D eigenvalue weighted by Gasteiger charge is 2.19. The zero-order valence-corrected chi connectivity index (χ0v) is 40.2. The highest BCUT2D eigenvalue weighted by Crippen LogP contribution is 2.14. The first-order valence-electron chi connectivity index (χ1n) is 25.8. The van der Waals surface area contributed by atoms with Gasteiger partial charge in [-0.2, -0.15) is 0 Å². The van der Waals surface area contributed by atoms with Crippen LogP contribution in [0, 0.1) is 0 Å². The first-order valence-corrected chi connectivity index (χ1v) is 25.8. The molecule has 0 fully saturated rings. The van der Waals surface area contributed by atoms with Crippen LogP contribution in [0.4, 0.5) is 0 Å². The van der Waals surface area contributed by atoms with Gasteiger partial charge >= 0.3 is 17.9 Å². The number of hydrogen-bond donors (Lipinski definition) is 0. The van der Waals surface area contributed by atoms with Gasteiger partial charge in [0.25, 0.3) is 0 Å². The average molecular weight is 853 g/mol. The van der Waals surface area contributed by atoms with Crippen LogP contribution in [0.15, 0.2) is 60.8 Å². The van der Waals surface area contributed by atoms with Crippen molar-refractivity contribution in [2.24, 2.45) is 0 Å². The molecule has 0 saturated heterocycles. The fourth-order valence-corrected chi connectivity index (χ4v) is 7.08. The number of esters is 3. The molecule has 0 aromatic rings. The lowest BCUT2D eigenvalue weighted by atomic mass is 10.0. The molecule has 61 heavy (non-hydrogen) atoms. The molecule has 6 nitrogen and oxygen atoms in total. The van der Waals surface area contributed by atoms with Gasteiger partial charge in [-0.25, -0.2) is 0 Å². The van der Waals surface area contributed by atoms with E-state index in [4.69, 9.17) is 14.2 Å². The van der Waals surface area contributed by atoms with Crippen molar-refractivity contribution in [2.45, 2.75) is 258 Å². The van der Waals surface area contributed by atoms with Crippen LogP contribution in [0.5, 0.6) is 0 Å². The second-order valence-corrected chi connectivity index (χ2v) is 17.1. The van der Waals surface area contributed by atoms with Gasteiger partial charge in [0.15, 0.2) is 6.10 Å². The van der Waals surface area contributed by atoms with Gasteiger partial charge in [0.1, 0.15) is 13.2 Å². The molecular formula is C55H96O6. The monoisotopic (exact) mass is 853 g/mol. The fraction of sp³-hybridized carbons (Fsp3) is 0.764. The van der Waals surface area contributed by atoms with Crippen molar-refractivity contribution in [2.75, 3.05) is 13.2 Å². The molecule has 0 unspecified atom stereocenters. The third kappa shape index (κ3) is 48.0. The summed E-state index contributed by atoms with van der Waals surface area (Å²) in [7, 11) is 0. The van der Waals surface area contributed by atoms with Gasteiger partial charge in [-0.05, 0) is 83.5 Å². The summed E-state index contributed by atoms with van der Waals surface area (Å²) in [5, 5.41) is 0. The Morgan fingerprint density at radius 3 is 1.03 bits per heavy atom. The predicted molar refractivity (Wildman–Crippen MR) is 261 cm³/mol. The SMILES string of the molecule is CCCCC/C=C\C/C=C\C/C=C\C/C=C\CCCC(=O)O[C@H](COC(=O)CCCCCCC/C=C\CCCCCC)COC(=O)CCCCCCCCCCCCCCC. The van der Waals surface area contributed by atoms with Crippen LogP contribution < -0.4 is 0 Å². The number of carbonyl (C=O) groups excluding carboxylic acids is 3. The van der Waals surface area contributed by atoms with Gasteiger partial charge in [-0.3, -0.25) is 14.4 Å². The van der Waals surface area contributed by atoms with E-state index in [1.807, 2.05) is 0 Å². The lowest BCUT2D eigenvalue weighted by Crippen LogP contribution is -2.30. The Morgan fingerprint density at radius 2 is 0.607 bits per heavy atom. The standard InChI is InChI=1S/C55H96O6/c1-4-7-10-13-16-19-22-25-26-27-28-31-34-37-40-43-46-49-55(58)61-52(50-59-53(56)47-44-41-38-35-32-29-23-20-17-14-11-8-5-2)51-60-54(57)48-45-42-39-36-33-30-24-21-18-15-12-9-6-3/h16,19-20,23,25-26,28,31,37,40,52H,4-15,17-18,21-22,24,27,29-30,32-36,38-39,41-51H2,1-3H3/b19-16-,23-20-,26-25-,31-28-,40-37-/t52-/m1/s1. The summed E-state index contributed by atoms with van der Waals surface area (Å²) in [4.78, 5) is 37.9. The normalized spacial score (nSPS) is 12.5. The summed E-state index contributed by atoms with van der Waals surface area (Å²) < 4.78 is 16.7. The van der Waals surface area contributed by atoms with E-state index in [0.717, 1.165) is 70.6 Å². The van der Waals surface area contributed by atoms with Gasteiger partial charge in [-0.1, -0.05) is 210 Å². The molecule has 0 amide bonds. The maximum Gasteiger partial charge on any atom is 0.306 e. The van der Waals surface area contributed by atoms with Crippen LogP contribution in [0.3, 0.4) is 0 Å². The summed E-state index contributed by atoms with van der Waals surface area (Å²) in [6, 6.07) is 0. The van der Waals surface area contributed by atoms with Crippen molar-refractivity contribution >= 4 is 17.9 Å². The van der Waals surface area contributed by atoms with Gasteiger partial charge in [0.05, 0.1) is 0 Å². The molecule has 352 valence electrons. The Labute approximate surface area is 377 Å². The van der Waals surface area contributed by atoms with Crippen LogP contribution in [-0.2, 0) is 28.6 Å². The van der Waals surface area contributed by atoms with Crippen LogP contribution in [0.2, 0.25) is 0 Å². The summed E-state index contributed by atoms with van der Waals surface area (Å²) in [6.07, 6.45) is 60.6. The van der Waals surface area contributed by atoms with Gasteiger partial charge in [-0.15, -0.1) is 0 Å². The van der Waals surface area contributed by atoms with E-state index >= 15 is 0 Å². The first kappa shape index (κ1) is 58.1. The Kier molecular flexibility index (Phi) is 47.4. The van der Waals surface area contributed by atoms with Crippen molar-refractivity contribution < 1.29 is 28.6 Å². The molecule has 0 saturated carbocycles. The molecule has 0 bridgehead atoms. The van der Waals surface area contributed by atoms with E-state index in [9.17, 15) is 14.4 Å². The van der Waals surface area contributed by atoms with E-state index in [1.54, 1.807) is 0 Å². The second kappa shape index (κ2) is 49.8. The maximum atomic E-state index is 12.8. The van der Waals surface area contributed by atoms with Crippen molar-refractivity contribution in [3.05, 3.63) is 60.8 Å². The van der Waals surface area contributed by atoms with Gasteiger partial charge < -0.3 is 14.2 Å². The minimum Gasteiger partial charge on any atom is -0.462 e. The first-order chi connectivity index (χ1) is 30.0. The Morgan fingerprint density at radius 1 is 0.328 bits per heavy atom. The number of unbranched alkanes of at least 4 members (excludes halogenated alkanes) is 25. The number of hydrogen-bond acceptors (Lipinski definition) is 6. The number of carbonyl (C=O) groups is 3. The zero-order valence-electron chi connectivity index (χ0n) is 40.2. The summed E-state index contributed by atoms with van der Waals surface area (Å²) >= 11 is 0. The third-order valence-corrected chi connectivity index (χ3v) is 11.0. The van der Waals surface area contributed by atoms with E-state index in [2.05, 4.69) is 81.5 Å². The molecule has 0 spiro atoms. The van der Waals surface area contributed by atoms with Crippen molar-refractivity contribution in [1.82, 2.24) is 0 Å². The average Bonchev–Trinajstić information content (AvgIpc) is 3.26. The molecule has 0 aliphatic heterocycles. The number of allylic oxidation sites excluding steroid dienone is 10. The lowest BCUT2D eigenvalue weighted by molar-refractivity contribution is -0.167. The smallest absolute Gasteiger partial charge is 0.306 e. The molecule has 0 rings (SSSR count). The second-order valence-electron chi connectivity index (χ2n) is 17.1. The van der Waals surface area contributed by atoms with E-state index < -0.39 is 6.10 Å². The number of ether oxygens (including phenoxy) is 3. The quantitative estimate of drug-likeness (QED) is 0.0263. The van der Waals surface area contributed by atoms with Crippen LogP contribution in [0.25, 0.3) is 0 Å². The minimum atomic E-state index is -0.803. The van der Waals surface area contributed by atoms with Crippen LogP contribution in [0.1, 0.15) is 252 Å². The van der Waals surface area contributed by atoms with Gasteiger partial charge in [0, 0.05) is 19.3 Å². The van der Waals surface area contributed by atoms with E-state index in [0.29, 0.717) is 19.3 Å². The molecule has 1 atom stereocenters. The van der Waals surface area contributed by atoms with Crippen LogP contribution >= 0.6 is 0 Å². The van der Waals surface area contributed by atoms with Gasteiger partial charge in [0.2, 0.25) is 0 Å². The Balaban J connectivity index is 4.48. The predicted octanol–water partition coefficient (Wildman–Crippen LogP) is 16.9. The van der Waals surface area contributed by atoms with Crippen molar-refractivity contribution in [3.8, 4) is 0 Å². The maximum absolute atomic E-state index is 12.8. The van der Waals surface area contributed by atoms with Crippen molar-refractivity contribution in [1.29, 1.82) is 0 Å². The third-order valence-electron chi connectivity index (χ3n) is 11.0. The lowest BCUT2D eigenvalue weighted by Gasteiger charge is -2.18. The molecule has 0 aliphatic rings.